The van der Waals surface area contributed by atoms with Crippen LogP contribution in [0.15, 0.2) is 0 Å². The molecule has 1 rings (SSSR count). The van der Waals surface area contributed by atoms with Gasteiger partial charge in [0.1, 0.15) is 0 Å². The number of hydrogen-bond acceptors (Lipinski definition) is 2. The van der Waals surface area contributed by atoms with Crippen LogP contribution in [-0.2, 0) is 4.74 Å². The first kappa shape index (κ1) is 16.0. The Morgan fingerprint density at radius 1 is 1.17 bits per heavy atom. The van der Waals surface area contributed by atoms with Crippen molar-refractivity contribution in [1.29, 1.82) is 0 Å². The molecule has 0 bridgehead atoms. The maximum Gasteiger partial charge on any atom is 0.0671 e. The van der Waals surface area contributed by atoms with Crippen LogP contribution in [-0.4, -0.2) is 25.8 Å². The van der Waals surface area contributed by atoms with Gasteiger partial charge in [-0.1, -0.05) is 20.8 Å². The van der Waals surface area contributed by atoms with Crippen LogP contribution in [0.2, 0.25) is 0 Å². The second-order valence-electron chi connectivity index (χ2n) is 7.01. The summed E-state index contributed by atoms with van der Waals surface area (Å²) in [5.41, 5.74) is 0.502. The minimum Gasteiger partial charge on any atom is -0.377 e. The minimum atomic E-state index is 0.348. The molecule has 0 saturated heterocycles. The van der Waals surface area contributed by atoms with Crippen molar-refractivity contribution < 1.29 is 4.74 Å². The lowest BCUT2D eigenvalue weighted by molar-refractivity contribution is 0.0740. The molecular weight excluding hydrogens is 222 g/mol. The minimum absolute atomic E-state index is 0.348. The van der Waals surface area contributed by atoms with Gasteiger partial charge in [0, 0.05) is 13.2 Å². The molecule has 1 aliphatic rings. The zero-order valence-corrected chi connectivity index (χ0v) is 13.1. The third kappa shape index (κ3) is 5.71. The Kier molecular flexibility index (Phi) is 6.65. The molecule has 18 heavy (non-hydrogen) atoms. The van der Waals surface area contributed by atoms with Crippen molar-refractivity contribution in [2.24, 2.45) is 17.3 Å². The largest absolute Gasteiger partial charge is 0.377 e. The maximum atomic E-state index is 5.53. The highest BCUT2D eigenvalue weighted by Crippen LogP contribution is 2.39. The van der Waals surface area contributed by atoms with E-state index >= 15 is 0 Å². The average Bonchev–Trinajstić information content (AvgIpc) is 2.29. The highest BCUT2D eigenvalue weighted by molar-refractivity contribution is 4.81. The molecule has 0 aromatic carbocycles. The van der Waals surface area contributed by atoms with Crippen LogP contribution >= 0.6 is 0 Å². The molecule has 1 saturated carbocycles. The van der Waals surface area contributed by atoms with E-state index in [-0.39, 0.29) is 0 Å². The van der Waals surface area contributed by atoms with Gasteiger partial charge in [0.25, 0.3) is 0 Å². The summed E-state index contributed by atoms with van der Waals surface area (Å²) in [6.07, 6.45) is 5.98. The van der Waals surface area contributed by atoms with Crippen molar-refractivity contribution in [2.75, 3.05) is 19.7 Å². The zero-order chi connectivity index (χ0) is 13.6. The van der Waals surface area contributed by atoms with E-state index in [2.05, 4.69) is 39.9 Å². The maximum absolute atomic E-state index is 5.53. The van der Waals surface area contributed by atoms with Gasteiger partial charge < -0.3 is 10.1 Å². The molecule has 1 aliphatic carbocycles. The van der Waals surface area contributed by atoms with E-state index in [0.29, 0.717) is 11.5 Å². The first-order valence-electron chi connectivity index (χ1n) is 7.75. The van der Waals surface area contributed by atoms with Crippen molar-refractivity contribution in [2.45, 2.75) is 66.4 Å². The van der Waals surface area contributed by atoms with Crippen molar-refractivity contribution >= 4 is 0 Å². The van der Waals surface area contributed by atoms with E-state index in [1.807, 2.05) is 0 Å². The number of nitrogens with one attached hydrogen (secondary N) is 1. The van der Waals surface area contributed by atoms with Gasteiger partial charge in [-0.15, -0.1) is 0 Å². The highest BCUT2D eigenvalue weighted by atomic mass is 16.5. The molecule has 1 unspecified atom stereocenters. The molecule has 1 atom stereocenters. The standard InChI is InChI=1S/C16H33NO/c1-6-18-13(2)11-17-12-14-7-9-15(10-8-14)16(3,4)5/h13-15,17H,6-12H2,1-5H3. The molecule has 0 aromatic heterocycles. The quantitative estimate of drug-likeness (QED) is 0.778. The van der Waals surface area contributed by atoms with Crippen molar-refractivity contribution in [3.05, 3.63) is 0 Å². The summed E-state index contributed by atoms with van der Waals surface area (Å²) in [5.74, 6) is 1.81. The fraction of sp³-hybridized carbons (Fsp3) is 1.00. The summed E-state index contributed by atoms with van der Waals surface area (Å²) in [4.78, 5) is 0. The predicted molar refractivity (Wildman–Crippen MR) is 78.9 cm³/mol. The van der Waals surface area contributed by atoms with E-state index in [1.165, 1.54) is 32.2 Å². The second kappa shape index (κ2) is 7.49. The number of ether oxygens (including phenoxy) is 1. The molecule has 0 amide bonds. The van der Waals surface area contributed by atoms with Gasteiger partial charge in [-0.05, 0) is 63.3 Å². The van der Waals surface area contributed by atoms with Crippen LogP contribution < -0.4 is 5.32 Å². The van der Waals surface area contributed by atoms with Crippen molar-refractivity contribution in [3.8, 4) is 0 Å². The van der Waals surface area contributed by atoms with Crippen LogP contribution in [0.3, 0.4) is 0 Å². The molecule has 0 radical (unpaired) electrons. The van der Waals surface area contributed by atoms with E-state index < -0.39 is 0 Å². The van der Waals surface area contributed by atoms with E-state index in [0.717, 1.165) is 25.0 Å². The monoisotopic (exact) mass is 255 g/mol. The first-order valence-corrected chi connectivity index (χ1v) is 7.75. The van der Waals surface area contributed by atoms with Gasteiger partial charge in [-0.2, -0.15) is 0 Å². The summed E-state index contributed by atoms with van der Waals surface area (Å²) in [7, 11) is 0. The Morgan fingerprint density at radius 2 is 1.78 bits per heavy atom. The van der Waals surface area contributed by atoms with Crippen molar-refractivity contribution in [1.82, 2.24) is 5.32 Å². The Labute approximate surface area is 114 Å². The molecule has 0 heterocycles. The van der Waals surface area contributed by atoms with Gasteiger partial charge >= 0.3 is 0 Å². The van der Waals surface area contributed by atoms with E-state index in [9.17, 15) is 0 Å². The molecular formula is C16H33NO. The summed E-state index contributed by atoms with van der Waals surface area (Å²) >= 11 is 0. The fourth-order valence-electron chi connectivity index (χ4n) is 3.07. The fourth-order valence-corrected chi connectivity index (χ4v) is 3.07. The summed E-state index contributed by atoms with van der Waals surface area (Å²) in [6, 6.07) is 0. The topological polar surface area (TPSA) is 21.3 Å². The highest BCUT2D eigenvalue weighted by Gasteiger charge is 2.29. The van der Waals surface area contributed by atoms with Gasteiger partial charge in [-0.3, -0.25) is 0 Å². The van der Waals surface area contributed by atoms with Gasteiger partial charge in [-0.25, -0.2) is 0 Å². The lowest BCUT2D eigenvalue weighted by Gasteiger charge is -2.37. The summed E-state index contributed by atoms with van der Waals surface area (Å²) in [5, 5.41) is 3.57. The molecule has 0 aromatic rings. The van der Waals surface area contributed by atoms with Crippen LogP contribution in [0.4, 0.5) is 0 Å². The smallest absolute Gasteiger partial charge is 0.0671 e. The Morgan fingerprint density at radius 3 is 2.28 bits per heavy atom. The first-order chi connectivity index (χ1) is 8.43. The Bertz CT molecular complexity index is 214. The number of rotatable bonds is 6. The predicted octanol–water partition coefficient (Wildman–Crippen LogP) is 3.85. The van der Waals surface area contributed by atoms with Gasteiger partial charge in [0.15, 0.2) is 0 Å². The molecule has 2 heteroatoms. The molecule has 108 valence electrons. The van der Waals surface area contributed by atoms with Crippen LogP contribution in [0.5, 0.6) is 0 Å². The molecule has 0 spiro atoms. The molecule has 2 nitrogen and oxygen atoms in total. The van der Waals surface area contributed by atoms with E-state index in [4.69, 9.17) is 4.74 Å². The normalized spacial score (nSPS) is 27.2. The molecule has 1 fully saturated rings. The van der Waals surface area contributed by atoms with Gasteiger partial charge in [0.05, 0.1) is 6.10 Å². The number of hydrogen-bond donors (Lipinski definition) is 1. The lowest BCUT2D eigenvalue weighted by Crippen LogP contribution is -2.34. The molecule has 1 N–H and O–H groups in total. The molecule has 0 aliphatic heterocycles. The Balaban J connectivity index is 2.13. The van der Waals surface area contributed by atoms with Crippen LogP contribution in [0.1, 0.15) is 60.3 Å². The lowest BCUT2D eigenvalue weighted by atomic mass is 9.70. The summed E-state index contributed by atoms with van der Waals surface area (Å²) in [6.45, 7) is 14.4. The van der Waals surface area contributed by atoms with Crippen LogP contribution in [0, 0.1) is 17.3 Å². The van der Waals surface area contributed by atoms with E-state index in [1.54, 1.807) is 0 Å². The third-order valence-corrected chi connectivity index (χ3v) is 4.39. The zero-order valence-electron chi connectivity index (χ0n) is 13.1. The second-order valence-corrected chi connectivity index (χ2v) is 7.01. The summed E-state index contributed by atoms with van der Waals surface area (Å²) < 4.78 is 5.53. The van der Waals surface area contributed by atoms with Crippen LogP contribution in [0.25, 0.3) is 0 Å². The third-order valence-electron chi connectivity index (χ3n) is 4.39. The van der Waals surface area contributed by atoms with Crippen molar-refractivity contribution in [3.63, 3.8) is 0 Å². The van der Waals surface area contributed by atoms with Gasteiger partial charge in [0.2, 0.25) is 0 Å². The average molecular weight is 255 g/mol. The Hall–Kier alpha value is -0.0800. The SMILES string of the molecule is CCOC(C)CNCC1CCC(C(C)(C)C)CC1.